The minimum Gasteiger partial charge on any atom is -0.489 e. The molecule has 1 fully saturated rings. The van der Waals surface area contributed by atoms with Gasteiger partial charge in [0, 0.05) is 18.4 Å². The van der Waals surface area contributed by atoms with Gasteiger partial charge in [0.15, 0.2) is 0 Å². The lowest BCUT2D eigenvalue weighted by Crippen LogP contribution is -2.12. The topological polar surface area (TPSA) is 94.6 Å². The van der Waals surface area contributed by atoms with E-state index in [0.29, 0.717) is 34.6 Å². The highest BCUT2D eigenvalue weighted by atomic mass is 16.5. The van der Waals surface area contributed by atoms with Crippen molar-refractivity contribution in [1.29, 1.82) is 0 Å². The first-order valence-electron chi connectivity index (χ1n) is 8.81. The van der Waals surface area contributed by atoms with E-state index >= 15 is 0 Å². The predicted molar refractivity (Wildman–Crippen MR) is 102 cm³/mol. The van der Waals surface area contributed by atoms with Crippen molar-refractivity contribution in [2.75, 3.05) is 6.54 Å². The summed E-state index contributed by atoms with van der Waals surface area (Å²) in [7, 11) is 0. The standard InChI is InChI=1S/C17H15NO3.C4H7NO/c1-11-16(17(18)19)14-9-13(7-8-15(14)21-11)20-10-12-5-3-2-4-6-12;6-4-2-1-3-5-4/h2-9H,10H2,1H3,(H2,18,19);1-3H2,(H,5,6). The highest BCUT2D eigenvalue weighted by Gasteiger charge is 2.16. The number of amides is 2. The number of ether oxygens (including phenoxy) is 1. The van der Waals surface area contributed by atoms with Crippen LogP contribution >= 0.6 is 0 Å². The lowest BCUT2D eigenvalue weighted by Gasteiger charge is -2.06. The monoisotopic (exact) mass is 366 g/mol. The first kappa shape index (κ1) is 18.5. The van der Waals surface area contributed by atoms with Crippen LogP contribution < -0.4 is 15.8 Å². The number of primary amides is 1. The summed E-state index contributed by atoms with van der Waals surface area (Å²) in [5, 5.41) is 3.37. The molecule has 2 heterocycles. The molecule has 0 unspecified atom stereocenters. The van der Waals surface area contributed by atoms with Gasteiger partial charge < -0.3 is 20.2 Å². The molecule has 0 spiro atoms. The zero-order valence-electron chi connectivity index (χ0n) is 15.2. The third kappa shape index (κ3) is 4.67. The zero-order valence-corrected chi connectivity index (χ0v) is 15.2. The first-order valence-corrected chi connectivity index (χ1v) is 8.81. The molecule has 1 aliphatic rings. The van der Waals surface area contributed by atoms with Gasteiger partial charge >= 0.3 is 0 Å². The van der Waals surface area contributed by atoms with E-state index in [9.17, 15) is 9.59 Å². The van der Waals surface area contributed by atoms with E-state index < -0.39 is 5.91 Å². The molecule has 0 radical (unpaired) electrons. The molecule has 2 amide bonds. The maximum absolute atomic E-state index is 11.5. The minimum absolute atomic E-state index is 0.204. The molecule has 1 saturated heterocycles. The molecule has 3 aromatic rings. The Morgan fingerprint density at radius 3 is 2.59 bits per heavy atom. The first-order chi connectivity index (χ1) is 13.0. The maximum atomic E-state index is 11.5. The van der Waals surface area contributed by atoms with Gasteiger partial charge in [0.2, 0.25) is 5.91 Å². The average molecular weight is 366 g/mol. The molecule has 1 aliphatic heterocycles. The lowest BCUT2D eigenvalue weighted by molar-refractivity contribution is -0.119. The Morgan fingerprint density at radius 2 is 2.00 bits per heavy atom. The number of hydrogen-bond donors (Lipinski definition) is 2. The minimum atomic E-state index is -0.494. The van der Waals surface area contributed by atoms with Gasteiger partial charge in [-0.3, -0.25) is 9.59 Å². The average Bonchev–Trinajstić information content (AvgIpc) is 3.26. The fourth-order valence-corrected chi connectivity index (χ4v) is 2.90. The Kier molecular flexibility index (Phi) is 5.76. The SMILES string of the molecule is Cc1oc2ccc(OCc3ccccc3)cc2c1C(N)=O.O=C1CCCN1. The fourth-order valence-electron chi connectivity index (χ4n) is 2.90. The number of furan rings is 1. The van der Waals surface area contributed by atoms with E-state index in [1.54, 1.807) is 19.1 Å². The van der Waals surface area contributed by atoms with Crippen molar-refractivity contribution >= 4 is 22.8 Å². The molecular weight excluding hydrogens is 344 g/mol. The molecule has 3 N–H and O–H groups in total. The van der Waals surface area contributed by atoms with E-state index in [1.807, 2.05) is 36.4 Å². The maximum Gasteiger partial charge on any atom is 0.252 e. The third-order valence-electron chi connectivity index (χ3n) is 4.23. The van der Waals surface area contributed by atoms with Crippen molar-refractivity contribution < 1.29 is 18.7 Å². The number of nitrogens with one attached hydrogen (secondary N) is 1. The summed E-state index contributed by atoms with van der Waals surface area (Å²) >= 11 is 0. The Balaban J connectivity index is 0.000000299. The second-order valence-corrected chi connectivity index (χ2v) is 6.28. The van der Waals surface area contributed by atoms with Gasteiger partial charge in [0.1, 0.15) is 23.7 Å². The quantitative estimate of drug-likeness (QED) is 0.740. The van der Waals surface area contributed by atoms with E-state index in [4.69, 9.17) is 14.9 Å². The van der Waals surface area contributed by atoms with Gasteiger partial charge in [-0.25, -0.2) is 0 Å². The zero-order chi connectivity index (χ0) is 19.2. The van der Waals surface area contributed by atoms with Crippen LogP contribution in [0.4, 0.5) is 0 Å². The van der Waals surface area contributed by atoms with Crippen LogP contribution in [-0.4, -0.2) is 18.4 Å². The molecule has 140 valence electrons. The van der Waals surface area contributed by atoms with Gasteiger partial charge in [0.05, 0.1) is 5.56 Å². The molecule has 6 heteroatoms. The second-order valence-electron chi connectivity index (χ2n) is 6.28. The van der Waals surface area contributed by atoms with Gasteiger partial charge in [-0.1, -0.05) is 30.3 Å². The summed E-state index contributed by atoms with van der Waals surface area (Å²) in [6.45, 7) is 3.08. The van der Waals surface area contributed by atoms with Gasteiger partial charge in [-0.05, 0) is 37.1 Å². The van der Waals surface area contributed by atoms with Crippen LogP contribution in [0.15, 0.2) is 52.9 Å². The van der Waals surface area contributed by atoms with Gasteiger partial charge in [-0.2, -0.15) is 0 Å². The highest BCUT2D eigenvalue weighted by molar-refractivity contribution is 6.06. The van der Waals surface area contributed by atoms with E-state index in [-0.39, 0.29) is 5.91 Å². The fraction of sp³-hybridized carbons (Fsp3) is 0.238. The van der Waals surface area contributed by atoms with Crippen LogP contribution in [0.25, 0.3) is 11.0 Å². The Morgan fingerprint density at radius 1 is 1.22 bits per heavy atom. The predicted octanol–water partition coefficient (Wildman–Crippen LogP) is 3.32. The normalized spacial score (nSPS) is 13.0. The van der Waals surface area contributed by atoms with Gasteiger partial charge in [-0.15, -0.1) is 0 Å². The summed E-state index contributed by atoms with van der Waals surface area (Å²) in [6.07, 6.45) is 1.76. The van der Waals surface area contributed by atoms with Crippen LogP contribution in [-0.2, 0) is 11.4 Å². The molecular formula is C21H22N2O4. The molecule has 27 heavy (non-hydrogen) atoms. The molecule has 6 nitrogen and oxygen atoms in total. The molecule has 0 atom stereocenters. The van der Waals surface area contributed by atoms with Crippen molar-refractivity contribution in [3.63, 3.8) is 0 Å². The van der Waals surface area contributed by atoms with Gasteiger partial charge in [0.25, 0.3) is 5.91 Å². The summed E-state index contributed by atoms with van der Waals surface area (Å²) in [5.74, 6) is 0.911. The Bertz CT molecular complexity index is 939. The van der Waals surface area contributed by atoms with E-state index in [0.717, 1.165) is 24.9 Å². The van der Waals surface area contributed by atoms with Crippen LogP contribution in [0.5, 0.6) is 5.75 Å². The highest BCUT2D eigenvalue weighted by Crippen LogP contribution is 2.29. The molecule has 0 saturated carbocycles. The molecule has 4 rings (SSSR count). The summed E-state index contributed by atoms with van der Waals surface area (Å²) < 4.78 is 11.3. The van der Waals surface area contributed by atoms with Crippen molar-refractivity contribution in [3.8, 4) is 5.75 Å². The van der Waals surface area contributed by atoms with Crippen molar-refractivity contribution in [2.45, 2.75) is 26.4 Å². The Hall–Kier alpha value is -3.28. The van der Waals surface area contributed by atoms with E-state index in [1.165, 1.54) is 0 Å². The van der Waals surface area contributed by atoms with Crippen molar-refractivity contribution in [1.82, 2.24) is 5.32 Å². The van der Waals surface area contributed by atoms with Crippen LogP contribution in [0, 0.1) is 6.92 Å². The van der Waals surface area contributed by atoms with Crippen molar-refractivity contribution in [3.05, 3.63) is 65.4 Å². The largest absolute Gasteiger partial charge is 0.489 e. The number of carbonyl (C=O) groups is 2. The third-order valence-corrected chi connectivity index (χ3v) is 4.23. The summed E-state index contributed by atoms with van der Waals surface area (Å²) in [4.78, 5) is 21.6. The molecule has 0 aliphatic carbocycles. The van der Waals surface area contributed by atoms with Crippen LogP contribution in [0.2, 0.25) is 0 Å². The number of aryl methyl sites for hydroxylation is 1. The number of carbonyl (C=O) groups excluding carboxylic acids is 2. The molecule has 1 aromatic heterocycles. The smallest absolute Gasteiger partial charge is 0.252 e. The van der Waals surface area contributed by atoms with E-state index in [2.05, 4.69) is 5.32 Å². The number of fused-ring (bicyclic) bond motifs is 1. The lowest BCUT2D eigenvalue weighted by atomic mass is 10.1. The number of hydrogen-bond acceptors (Lipinski definition) is 4. The summed E-state index contributed by atoms with van der Waals surface area (Å²) in [5.41, 5.74) is 7.53. The van der Waals surface area contributed by atoms with Crippen LogP contribution in [0.1, 0.15) is 34.5 Å². The second kappa shape index (κ2) is 8.40. The molecule has 2 aromatic carbocycles. The number of nitrogens with two attached hydrogens (primary N) is 1. The number of rotatable bonds is 4. The molecule has 0 bridgehead atoms. The van der Waals surface area contributed by atoms with Crippen molar-refractivity contribution in [2.24, 2.45) is 5.73 Å². The summed E-state index contributed by atoms with van der Waals surface area (Å²) in [6, 6.07) is 15.3. The number of benzene rings is 2. The Labute approximate surface area is 157 Å². The van der Waals surface area contributed by atoms with Crippen LogP contribution in [0.3, 0.4) is 0 Å².